The quantitative estimate of drug-likeness (QED) is 0.797. The van der Waals surface area contributed by atoms with Crippen molar-refractivity contribution in [3.8, 4) is 0 Å². The highest BCUT2D eigenvalue weighted by molar-refractivity contribution is 5.92. The zero-order chi connectivity index (χ0) is 14.7. The molecule has 1 amide bonds. The third-order valence-corrected chi connectivity index (χ3v) is 3.35. The molecular formula is C14H20N2O4. The maximum atomic E-state index is 11.9. The molecule has 1 aromatic heterocycles. The summed E-state index contributed by atoms with van der Waals surface area (Å²) in [4.78, 5) is 23.0. The smallest absolute Gasteiger partial charge is 0.308 e. The summed E-state index contributed by atoms with van der Waals surface area (Å²) >= 11 is 0. The minimum absolute atomic E-state index is 0.109. The van der Waals surface area contributed by atoms with Crippen LogP contribution in [0.4, 0.5) is 0 Å². The number of aromatic nitrogens is 1. The molecule has 1 unspecified atom stereocenters. The number of carbonyl (C=O) groups excluding carboxylic acids is 1. The monoisotopic (exact) mass is 280 g/mol. The van der Waals surface area contributed by atoms with Crippen molar-refractivity contribution in [1.82, 2.24) is 10.5 Å². The molecule has 1 atom stereocenters. The first-order chi connectivity index (χ1) is 9.47. The number of carbonyl (C=O) groups is 2. The van der Waals surface area contributed by atoms with Crippen LogP contribution in [-0.4, -0.2) is 28.7 Å². The van der Waals surface area contributed by atoms with Crippen LogP contribution in [-0.2, 0) is 4.79 Å². The van der Waals surface area contributed by atoms with E-state index in [-0.39, 0.29) is 24.1 Å². The zero-order valence-corrected chi connectivity index (χ0v) is 11.8. The van der Waals surface area contributed by atoms with E-state index in [2.05, 4.69) is 10.5 Å². The Balaban J connectivity index is 1.87. The number of carboxylic acid groups (broad SMARTS) is 1. The summed E-state index contributed by atoms with van der Waals surface area (Å²) in [6.45, 7) is 4.02. The maximum absolute atomic E-state index is 11.9. The van der Waals surface area contributed by atoms with E-state index in [9.17, 15) is 9.59 Å². The van der Waals surface area contributed by atoms with Crippen LogP contribution in [0.15, 0.2) is 10.6 Å². The number of hydrogen-bond donors (Lipinski definition) is 2. The summed E-state index contributed by atoms with van der Waals surface area (Å²) in [5.41, 5.74) is 0.223. The first-order valence-corrected chi connectivity index (χ1v) is 6.95. The average Bonchev–Trinajstić information content (AvgIpc) is 3.11. The normalized spacial score (nSPS) is 16.1. The molecule has 6 nitrogen and oxygen atoms in total. The lowest BCUT2D eigenvalue weighted by Gasteiger charge is -2.14. The van der Waals surface area contributed by atoms with E-state index >= 15 is 0 Å². The van der Waals surface area contributed by atoms with E-state index in [4.69, 9.17) is 9.63 Å². The molecule has 0 bridgehead atoms. The van der Waals surface area contributed by atoms with Crippen LogP contribution in [0.5, 0.6) is 0 Å². The van der Waals surface area contributed by atoms with Crippen LogP contribution in [0.25, 0.3) is 0 Å². The standard InChI is InChI=1S/C14H20N2O4/c1-8(2)5-10(14(18)19)7-15-13(17)11-6-12(20-16-11)9-3-4-9/h6,8-10H,3-5,7H2,1-2H3,(H,15,17)(H,18,19). The van der Waals surface area contributed by atoms with E-state index < -0.39 is 11.9 Å². The molecule has 0 aliphatic heterocycles. The number of aliphatic carboxylic acids is 1. The van der Waals surface area contributed by atoms with Crippen LogP contribution < -0.4 is 5.32 Å². The Morgan fingerprint density at radius 2 is 2.20 bits per heavy atom. The van der Waals surface area contributed by atoms with Crippen LogP contribution in [0.3, 0.4) is 0 Å². The summed E-state index contributed by atoms with van der Waals surface area (Å²) in [6, 6.07) is 1.64. The number of nitrogens with one attached hydrogen (secondary N) is 1. The molecule has 6 heteroatoms. The first kappa shape index (κ1) is 14.6. The lowest BCUT2D eigenvalue weighted by Crippen LogP contribution is -2.33. The van der Waals surface area contributed by atoms with Crippen LogP contribution in [0.2, 0.25) is 0 Å². The minimum atomic E-state index is -0.891. The summed E-state index contributed by atoms with van der Waals surface area (Å²) in [6.07, 6.45) is 2.68. The van der Waals surface area contributed by atoms with Gasteiger partial charge in [0.15, 0.2) is 5.69 Å². The fourth-order valence-corrected chi connectivity index (χ4v) is 2.10. The third kappa shape index (κ3) is 3.82. The van der Waals surface area contributed by atoms with E-state index in [1.54, 1.807) is 6.07 Å². The van der Waals surface area contributed by atoms with Gasteiger partial charge in [0.2, 0.25) is 0 Å². The van der Waals surface area contributed by atoms with Gasteiger partial charge in [0.05, 0.1) is 5.92 Å². The molecular weight excluding hydrogens is 260 g/mol. The predicted octanol–water partition coefficient (Wildman–Crippen LogP) is 2.03. The van der Waals surface area contributed by atoms with Gasteiger partial charge in [0.1, 0.15) is 5.76 Å². The highest BCUT2D eigenvalue weighted by Crippen LogP contribution is 2.40. The third-order valence-electron chi connectivity index (χ3n) is 3.35. The Hall–Kier alpha value is -1.85. The number of amides is 1. The average molecular weight is 280 g/mol. The van der Waals surface area contributed by atoms with E-state index in [0.29, 0.717) is 12.3 Å². The van der Waals surface area contributed by atoms with Crippen molar-refractivity contribution in [3.63, 3.8) is 0 Å². The molecule has 0 aromatic carbocycles. The Bertz CT molecular complexity index is 491. The minimum Gasteiger partial charge on any atom is -0.481 e. The van der Waals surface area contributed by atoms with Gasteiger partial charge in [-0.15, -0.1) is 0 Å². The highest BCUT2D eigenvalue weighted by Gasteiger charge is 2.29. The van der Waals surface area contributed by atoms with Gasteiger partial charge in [-0.3, -0.25) is 9.59 Å². The van der Waals surface area contributed by atoms with Gasteiger partial charge >= 0.3 is 5.97 Å². The van der Waals surface area contributed by atoms with Gasteiger partial charge in [-0.2, -0.15) is 0 Å². The molecule has 1 saturated carbocycles. The summed E-state index contributed by atoms with van der Waals surface area (Å²) in [5.74, 6) is -0.437. The van der Waals surface area contributed by atoms with Crippen molar-refractivity contribution in [2.75, 3.05) is 6.54 Å². The Morgan fingerprint density at radius 3 is 2.75 bits per heavy atom. The fourth-order valence-electron chi connectivity index (χ4n) is 2.10. The molecule has 0 saturated heterocycles. The fraction of sp³-hybridized carbons (Fsp3) is 0.643. The Morgan fingerprint density at radius 1 is 1.50 bits per heavy atom. The van der Waals surface area contributed by atoms with Gasteiger partial charge in [0, 0.05) is 18.5 Å². The molecule has 2 rings (SSSR count). The number of hydrogen-bond acceptors (Lipinski definition) is 4. The van der Waals surface area contributed by atoms with Crippen molar-refractivity contribution >= 4 is 11.9 Å². The maximum Gasteiger partial charge on any atom is 0.308 e. The molecule has 2 N–H and O–H groups in total. The topological polar surface area (TPSA) is 92.4 Å². The lowest BCUT2D eigenvalue weighted by molar-refractivity contribution is -0.142. The highest BCUT2D eigenvalue weighted by atomic mass is 16.5. The predicted molar refractivity (Wildman–Crippen MR) is 71.4 cm³/mol. The SMILES string of the molecule is CC(C)CC(CNC(=O)c1cc(C2CC2)on1)C(=O)O. The van der Waals surface area contributed by atoms with Gasteiger partial charge in [-0.1, -0.05) is 19.0 Å². The number of nitrogens with zero attached hydrogens (tertiary/aromatic N) is 1. The molecule has 0 spiro atoms. The zero-order valence-electron chi connectivity index (χ0n) is 11.8. The van der Waals surface area contributed by atoms with Crippen molar-refractivity contribution in [2.24, 2.45) is 11.8 Å². The molecule has 1 heterocycles. The number of carboxylic acids is 1. The first-order valence-electron chi connectivity index (χ1n) is 6.95. The molecule has 20 heavy (non-hydrogen) atoms. The van der Waals surface area contributed by atoms with Crippen molar-refractivity contribution in [1.29, 1.82) is 0 Å². The Kier molecular flexibility index (Phi) is 4.42. The molecule has 1 aliphatic carbocycles. The molecule has 1 aliphatic rings. The van der Waals surface area contributed by atoms with Gasteiger partial charge in [0.25, 0.3) is 5.91 Å². The van der Waals surface area contributed by atoms with Crippen molar-refractivity contribution in [2.45, 2.75) is 39.0 Å². The summed E-state index contributed by atoms with van der Waals surface area (Å²) < 4.78 is 5.10. The van der Waals surface area contributed by atoms with Crippen LogP contribution >= 0.6 is 0 Å². The molecule has 1 fully saturated rings. The van der Waals surface area contributed by atoms with Gasteiger partial charge in [-0.25, -0.2) is 0 Å². The van der Waals surface area contributed by atoms with Gasteiger partial charge in [-0.05, 0) is 25.2 Å². The van der Waals surface area contributed by atoms with Crippen molar-refractivity contribution in [3.05, 3.63) is 17.5 Å². The van der Waals surface area contributed by atoms with E-state index in [1.165, 1.54) is 0 Å². The second-order valence-corrected chi connectivity index (χ2v) is 5.76. The largest absolute Gasteiger partial charge is 0.481 e. The summed E-state index contributed by atoms with van der Waals surface area (Å²) in [5, 5.41) is 15.4. The molecule has 110 valence electrons. The number of rotatable bonds is 7. The second kappa shape index (κ2) is 6.07. The second-order valence-electron chi connectivity index (χ2n) is 5.76. The summed E-state index contributed by atoms with van der Waals surface area (Å²) in [7, 11) is 0. The van der Waals surface area contributed by atoms with Crippen LogP contribution in [0.1, 0.15) is 55.3 Å². The van der Waals surface area contributed by atoms with E-state index in [0.717, 1.165) is 18.6 Å². The molecule has 0 radical (unpaired) electrons. The lowest BCUT2D eigenvalue weighted by atomic mass is 9.97. The van der Waals surface area contributed by atoms with E-state index in [1.807, 2.05) is 13.8 Å². The van der Waals surface area contributed by atoms with Crippen LogP contribution in [0, 0.1) is 11.8 Å². The van der Waals surface area contributed by atoms with Crippen molar-refractivity contribution < 1.29 is 19.2 Å². The molecule has 1 aromatic rings. The van der Waals surface area contributed by atoms with Gasteiger partial charge < -0.3 is 14.9 Å². The Labute approximate surface area is 117 Å².